The number of nitro benzene ring substituents is 1. The summed E-state index contributed by atoms with van der Waals surface area (Å²) < 4.78 is 33.0. The lowest BCUT2D eigenvalue weighted by Gasteiger charge is -2.18. The van der Waals surface area contributed by atoms with Gasteiger partial charge in [0.15, 0.2) is 4.90 Å². The third-order valence-electron chi connectivity index (χ3n) is 4.50. The number of hydrogen-bond acceptors (Lipinski definition) is 6. The SMILES string of the molecule is COc1ccc(S(=O)(=O)Nc2ccc(Cl)cc2C(=O)N2CCCC2)c([N+](=O)[O-])c1. The van der Waals surface area contributed by atoms with E-state index >= 15 is 0 Å². The number of likely N-dealkylation sites (tertiary alicyclic amines) is 1. The van der Waals surface area contributed by atoms with Gasteiger partial charge in [0.05, 0.1) is 29.4 Å². The number of anilines is 1. The Balaban J connectivity index is 2.01. The number of nitrogens with zero attached hydrogens (tertiary/aromatic N) is 2. The summed E-state index contributed by atoms with van der Waals surface area (Å²) in [6.07, 6.45) is 1.73. The molecule has 154 valence electrons. The standard InChI is InChI=1S/C18H18ClN3O6S/c1-28-13-5-7-17(16(11-13)22(24)25)29(26,27)20-15-6-4-12(19)10-14(15)18(23)21-8-2-3-9-21/h4-7,10-11,20H,2-3,8-9H2,1H3. The number of nitrogens with one attached hydrogen (secondary N) is 1. The zero-order valence-electron chi connectivity index (χ0n) is 15.4. The quantitative estimate of drug-likeness (QED) is 0.544. The van der Waals surface area contributed by atoms with Crippen molar-refractivity contribution in [3.8, 4) is 5.75 Å². The van der Waals surface area contributed by atoms with Crippen molar-refractivity contribution < 1.29 is 22.9 Å². The Hall–Kier alpha value is -2.85. The Bertz CT molecular complexity index is 1070. The van der Waals surface area contributed by atoms with Gasteiger partial charge in [0.25, 0.3) is 21.6 Å². The maximum Gasteiger partial charge on any atom is 0.293 e. The zero-order chi connectivity index (χ0) is 21.2. The van der Waals surface area contributed by atoms with Gasteiger partial charge in [-0.25, -0.2) is 8.42 Å². The normalized spacial score (nSPS) is 13.9. The van der Waals surface area contributed by atoms with E-state index in [0.29, 0.717) is 13.1 Å². The third kappa shape index (κ3) is 4.43. The van der Waals surface area contributed by atoms with Crippen molar-refractivity contribution in [2.75, 3.05) is 24.9 Å². The van der Waals surface area contributed by atoms with Crippen LogP contribution < -0.4 is 9.46 Å². The van der Waals surface area contributed by atoms with E-state index in [1.54, 1.807) is 4.90 Å². The van der Waals surface area contributed by atoms with E-state index in [-0.39, 0.29) is 27.9 Å². The molecule has 0 atom stereocenters. The van der Waals surface area contributed by atoms with Crippen molar-refractivity contribution >= 4 is 38.9 Å². The molecule has 1 amide bonds. The van der Waals surface area contributed by atoms with Crippen LogP contribution in [0.5, 0.6) is 5.75 Å². The second kappa shape index (κ2) is 8.26. The van der Waals surface area contributed by atoms with Gasteiger partial charge >= 0.3 is 0 Å². The van der Waals surface area contributed by atoms with Gasteiger partial charge in [-0.2, -0.15) is 0 Å². The summed E-state index contributed by atoms with van der Waals surface area (Å²) in [6.45, 7) is 1.14. The van der Waals surface area contributed by atoms with E-state index in [4.69, 9.17) is 16.3 Å². The average Bonchev–Trinajstić information content (AvgIpc) is 3.23. The van der Waals surface area contributed by atoms with E-state index in [1.165, 1.54) is 31.4 Å². The Morgan fingerprint density at radius 2 is 1.90 bits per heavy atom. The van der Waals surface area contributed by atoms with Crippen molar-refractivity contribution in [2.24, 2.45) is 0 Å². The predicted octanol–water partition coefficient (Wildman–Crippen LogP) is 3.29. The van der Waals surface area contributed by atoms with Crippen LogP contribution in [0.25, 0.3) is 0 Å². The molecule has 3 rings (SSSR count). The molecule has 0 aliphatic carbocycles. The molecule has 0 unspecified atom stereocenters. The van der Waals surface area contributed by atoms with E-state index in [9.17, 15) is 23.3 Å². The molecule has 9 nitrogen and oxygen atoms in total. The molecule has 0 bridgehead atoms. The lowest BCUT2D eigenvalue weighted by Crippen LogP contribution is -2.29. The fourth-order valence-electron chi connectivity index (χ4n) is 3.07. The summed E-state index contributed by atoms with van der Waals surface area (Å²) in [4.78, 5) is 24.4. The number of ether oxygens (including phenoxy) is 1. The first-order chi connectivity index (χ1) is 13.7. The summed E-state index contributed by atoms with van der Waals surface area (Å²) in [5, 5.41) is 11.6. The van der Waals surface area contributed by atoms with Crippen LogP contribution in [0.3, 0.4) is 0 Å². The lowest BCUT2D eigenvalue weighted by molar-refractivity contribution is -0.387. The van der Waals surface area contributed by atoms with Crippen LogP contribution in [0.1, 0.15) is 23.2 Å². The van der Waals surface area contributed by atoms with Crippen LogP contribution in [0.4, 0.5) is 11.4 Å². The molecule has 1 N–H and O–H groups in total. The van der Waals surface area contributed by atoms with Crippen LogP contribution in [0.2, 0.25) is 5.02 Å². The number of amides is 1. The highest BCUT2D eigenvalue weighted by Crippen LogP contribution is 2.31. The molecule has 0 saturated carbocycles. The second-order valence-corrected chi connectivity index (χ2v) is 8.47. The summed E-state index contributed by atoms with van der Waals surface area (Å²) in [7, 11) is -3.05. The predicted molar refractivity (Wildman–Crippen MR) is 107 cm³/mol. The minimum absolute atomic E-state index is 0.00332. The minimum Gasteiger partial charge on any atom is -0.497 e. The zero-order valence-corrected chi connectivity index (χ0v) is 17.0. The molecule has 11 heteroatoms. The van der Waals surface area contributed by atoms with Gasteiger partial charge in [-0.15, -0.1) is 0 Å². The Labute approximate surface area is 172 Å². The van der Waals surface area contributed by atoms with Crippen LogP contribution in [-0.2, 0) is 10.0 Å². The first-order valence-corrected chi connectivity index (χ1v) is 10.5. The topological polar surface area (TPSA) is 119 Å². The molecule has 2 aromatic rings. The summed E-state index contributed by atoms with van der Waals surface area (Å²) >= 11 is 6.00. The fraction of sp³-hybridized carbons (Fsp3) is 0.278. The van der Waals surface area contributed by atoms with Gasteiger partial charge in [0.2, 0.25) is 0 Å². The number of halogens is 1. The second-order valence-electron chi connectivity index (χ2n) is 6.39. The molecule has 2 aromatic carbocycles. The molecule has 1 aliphatic heterocycles. The number of carbonyl (C=O) groups excluding carboxylic acids is 1. The first-order valence-electron chi connectivity index (χ1n) is 8.67. The van der Waals surface area contributed by atoms with Crippen molar-refractivity contribution in [3.05, 3.63) is 57.1 Å². The van der Waals surface area contributed by atoms with Gasteiger partial charge < -0.3 is 9.64 Å². The highest BCUT2D eigenvalue weighted by molar-refractivity contribution is 7.92. The van der Waals surface area contributed by atoms with Crippen LogP contribution in [0, 0.1) is 10.1 Å². The van der Waals surface area contributed by atoms with Gasteiger partial charge in [0.1, 0.15) is 5.75 Å². The third-order valence-corrected chi connectivity index (χ3v) is 6.15. The lowest BCUT2D eigenvalue weighted by atomic mass is 10.1. The van der Waals surface area contributed by atoms with Crippen molar-refractivity contribution in [1.82, 2.24) is 4.90 Å². The maximum absolute atomic E-state index is 12.9. The van der Waals surface area contributed by atoms with E-state index in [1.807, 2.05) is 0 Å². The molecule has 1 aliphatic rings. The van der Waals surface area contributed by atoms with Crippen LogP contribution in [-0.4, -0.2) is 44.3 Å². The summed E-state index contributed by atoms with van der Waals surface area (Å²) in [6, 6.07) is 7.58. The van der Waals surface area contributed by atoms with E-state index in [0.717, 1.165) is 25.0 Å². The molecular formula is C18H18ClN3O6S. The number of methoxy groups -OCH3 is 1. The molecule has 0 radical (unpaired) electrons. The molecule has 1 saturated heterocycles. The number of sulfonamides is 1. The number of hydrogen-bond donors (Lipinski definition) is 1. The molecule has 1 fully saturated rings. The first kappa shape index (κ1) is 20.9. The van der Waals surface area contributed by atoms with Crippen LogP contribution >= 0.6 is 11.6 Å². The van der Waals surface area contributed by atoms with Crippen molar-refractivity contribution in [3.63, 3.8) is 0 Å². The molecule has 0 spiro atoms. The smallest absolute Gasteiger partial charge is 0.293 e. The maximum atomic E-state index is 12.9. The monoisotopic (exact) mass is 439 g/mol. The molecular weight excluding hydrogens is 422 g/mol. The highest BCUT2D eigenvalue weighted by atomic mass is 35.5. The van der Waals surface area contributed by atoms with Gasteiger partial charge in [-0.05, 0) is 43.2 Å². The van der Waals surface area contributed by atoms with Gasteiger partial charge in [-0.1, -0.05) is 11.6 Å². The number of nitro groups is 1. The average molecular weight is 440 g/mol. The minimum atomic E-state index is -4.37. The Kier molecular flexibility index (Phi) is 5.94. The highest BCUT2D eigenvalue weighted by Gasteiger charge is 2.29. The van der Waals surface area contributed by atoms with Gasteiger partial charge in [-0.3, -0.25) is 19.6 Å². The number of rotatable bonds is 6. The van der Waals surface area contributed by atoms with Crippen molar-refractivity contribution in [2.45, 2.75) is 17.7 Å². The molecule has 0 aromatic heterocycles. The van der Waals surface area contributed by atoms with E-state index < -0.39 is 25.5 Å². The molecule has 1 heterocycles. The fourth-order valence-corrected chi connectivity index (χ4v) is 4.47. The molecule has 29 heavy (non-hydrogen) atoms. The van der Waals surface area contributed by atoms with Gasteiger partial charge in [0, 0.05) is 18.1 Å². The summed E-state index contributed by atoms with van der Waals surface area (Å²) in [5.41, 5.74) is -0.561. The number of benzene rings is 2. The summed E-state index contributed by atoms with van der Waals surface area (Å²) in [5.74, 6) is -0.209. The van der Waals surface area contributed by atoms with Crippen LogP contribution in [0.15, 0.2) is 41.3 Å². The number of carbonyl (C=O) groups is 1. The Morgan fingerprint density at radius 1 is 1.21 bits per heavy atom. The van der Waals surface area contributed by atoms with E-state index in [2.05, 4.69) is 4.72 Å². The van der Waals surface area contributed by atoms with Crippen molar-refractivity contribution in [1.29, 1.82) is 0 Å². The Morgan fingerprint density at radius 3 is 2.52 bits per heavy atom. The largest absolute Gasteiger partial charge is 0.497 e.